The molecule has 370 valence electrons. The van der Waals surface area contributed by atoms with E-state index in [0.29, 0.717) is 102 Å². The number of benzene rings is 1. The SMILES string of the molecule is C[C@@H]1CC2=C3[C@H]4C5=C6[C@H](/C=C\[C@@H](C7CCCC7)C[C@H]7[C@]68C(=O)O/C(=C(/O)C[C@@H]([C@@H]6C[C@@H]9C=C[C@H]%10CCC[C@]%10(C9)C6)N6C[C@@H]9C[C@H](C6)[C@H](CC2)N3C9)[C@@]8(CC5)[C@]72OC(=O)c3c(CCCN)cccc32)C[C@@H]41. The van der Waals surface area contributed by atoms with E-state index in [1.807, 2.05) is 0 Å². The molecule has 9 aliphatic carbocycles. The molecule has 8 nitrogen and oxygen atoms in total. The number of carbonyl (C=O) groups is 2. The van der Waals surface area contributed by atoms with Gasteiger partial charge in [-0.3, -0.25) is 9.69 Å². The Morgan fingerprint density at radius 3 is 2.64 bits per heavy atom. The van der Waals surface area contributed by atoms with Crippen molar-refractivity contribution in [1.29, 1.82) is 0 Å². The smallest absolute Gasteiger partial charge is 0.339 e. The first-order valence-corrected chi connectivity index (χ1v) is 29.2. The van der Waals surface area contributed by atoms with Gasteiger partial charge in [0.15, 0.2) is 11.4 Å². The largest absolute Gasteiger partial charge is 0.509 e. The third-order valence-electron chi connectivity index (χ3n) is 24.4. The van der Waals surface area contributed by atoms with E-state index in [2.05, 4.69) is 59.2 Å². The molecule has 9 aliphatic heterocycles. The highest BCUT2D eigenvalue weighted by Gasteiger charge is 2.94. The van der Waals surface area contributed by atoms with Gasteiger partial charge in [-0.05, 0) is 191 Å². The lowest BCUT2D eigenvalue weighted by molar-refractivity contribution is -0.282. The van der Waals surface area contributed by atoms with Gasteiger partial charge in [0.2, 0.25) is 0 Å². The predicted octanol–water partition coefficient (Wildman–Crippen LogP) is 11.2. The minimum Gasteiger partial charge on any atom is -0.509 e. The van der Waals surface area contributed by atoms with Gasteiger partial charge in [0.1, 0.15) is 11.2 Å². The van der Waals surface area contributed by atoms with Gasteiger partial charge in [-0.1, -0.05) is 79.8 Å². The second kappa shape index (κ2) is 14.8. The van der Waals surface area contributed by atoms with Crippen LogP contribution < -0.4 is 5.73 Å². The van der Waals surface area contributed by atoms with Crippen molar-refractivity contribution in [3.05, 3.63) is 93.1 Å². The first-order chi connectivity index (χ1) is 34.2. The molecule has 14 bridgehead atoms. The highest BCUT2D eigenvalue weighted by Crippen LogP contribution is 2.88. The number of allylic oxidation sites excluding steroid dienone is 6. The van der Waals surface area contributed by atoms with E-state index in [1.54, 1.807) is 11.3 Å². The van der Waals surface area contributed by atoms with Crippen LogP contribution in [-0.4, -0.2) is 65.1 Å². The lowest BCUT2D eigenvalue weighted by atomic mass is 9.27. The van der Waals surface area contributed by atoms with E-state index in [4.69, 9.17) is 15.2 Å². The topological polar surface area (TPSA) is 105 Å². The minimum atomic E-state index is -1.14. The molecule has 1 aromatic rings. The van der Waals surface area contributed by atoms with Gasteiger partial charge in [0.25, 0.3) is 0 Å². The fourth-order valence-corrected chi connectivity index (χ4v) is 22.4. The van der Waals surface area contributed by atoms with Crippen molar-refractivity contribution in [2.75, 3.05) is 26.2 Å². The van der Waals surface area contributed by atoms with E-state index in [0.717, 1.165) is 56.4 Å². The van der Waals surface area contributed by atoms with E-state index < -0.39 is 16.4 Å². The van der Waals surface area contributed by atoms with Crippen LogP contribution in [0.15, 0.2) is 76.4 Å². The van der Waals surface area contributed by atoms with Gasteiger partial charge in [-0.15, -0.1) is 0 Å². The van der Waals surface area contributed by atoms with E-state index in [9.17, 15) is 5.11 Å². The highest BCUT2D eigenvalue weighted by molar-refractivity contribution is 6.00. The van der Waals surface area contributed by atoms with Gasteiger partial charge >= 0.3 is 11.9 Å². The molecule has 3 N–H and O–H groups in total. The van der Waals surface area contributed by atoms with Gasteiger partial charge < -0.3 is 25.2 Å². The van der Waals surface area contributed by atoms with Crippen molar-refractivity contribution in [1.82, 2.24) is 9.80 Å². The summed E-state index contributed by atoms with van der Waals surface area (Å²) in [4.78, 5) is 37.7. The summed E-state index contributed by atoms with van der Waals surface area (Å²) in [7, 11) is 0. The highest BCUT2D eigenvalue weighted by atomic mass is 16.6. The quantitative estimate of drug-likeness (QED) is 0.222. The van der Waals surface area contributed by atoms with E-state index in [-0.39, 0.29) is 41.5 Å². The second-order valence-corrected chi connectivity index (χ2v) is 27.0. The molecule has 0 amide bonds. The van der Waals surface area contributed by atoms with Crippen molar-refractivity contribution in [2.24, 2.45) is 93.0 Å². The molecule has 19 rings (SSSR count). The van der Waals surface area contributed by atoms with Crippen LogP contribution in [0.2, 0.25) is 0 Å². The third-order valence-corrected chi connectivity index (χ3v) is 24.4. The fraction of sp³-hybridized carbons (Fsp3) is 0.710. The molecule has 4 saturated carbocycles. The minimum absolute atomic E-state index is 0.107. The third kappa shape index (κ3) is 5.14. The summed E-state index contributed by atoms with van der Waals surface area (Å²) in [5, 5.41) is 13.8. The summed E-state index contributed by atoms with van der Waals surface area (Å²) < 4.78 is 14.6. The normalized spacial score (nSPS) is 50.2. The fourth-order valence-electron chi connectivity index (χ4n) is 22.4. The number of rotatable bonds is 5. The standard InChI is InChI=1S/C62H77N3O5/c1-34-23-41-16-18-48-43-25-36-31-64(33-43)49(42-24-35-13-17-44-11-5-20-59(44,29-35)30-42)28-50(66)56-60-21-19-45-53(55(41)65(48)32-36)46(34)26-40-15-14-39(37-7-2-3-8-37)27-51(61(60,54(40)45)58(68)69-56)62(60)47-12-4-9-38(10-6-22-63)52(47)57(67)70-62/h4,9,12-15,17,34-37,39-40,42-44,46,48-49,51,53,66H,2-3,5-8,10-11,16,18-33,63H2,1H3/b15-14-,56-50+/t34-,35+,36+,39-,40-,42-,43-,44-,46-,48+,49+,51+,53+,59+,60-,61-,62-/m1/s1. The number of aryl methyl sites for hydroxylation is 1. The summed E-state index contributed by atoms with van der Waals surface area (Å²) >= 11 is 0. The zero-order valence-electron chi connectivity index (χ0n) is 41.9. The molecule has 9 heterocycles. The number of piperidine rings is 2. The summed E-state index contributed by atoms with van der Waals surface area (Å²) in [5.74, 6) is 5.29. The predicted molar refractivity (Wildman–Crippen MR) is 267 cm³/mol. The van der Waals surface area contributed by atoms with Crippen LogP contribution in [0.5, 0.6) is 0 Å². The maximum atomic E-state index is 16.5. The number of ether oxygens (including phenoxy) is 2. The van der Waals surface area contributed by atoms with Crippen molar-refractivity contribution in [3.8, 4) is 0 Å². The second-order valence-electron chi connectivity index (χ2n) is 27.0. The van der Waals surface area contributed by atoms with Gasteiger partial charge in [-0.2, -0.15) is 0 Å². The Labute approximate surface area is 416 Å². The van der Waals surface area contributed by atoms with Crippen LogP contribution in [0.1, 0.15) is 157 Å². The molecule has 1 aromatic carbocycles. The number of aliphatic hydroxyl groups excluding tert-OH is 1. The number of aliphatic hydroxyl groups is 1. The molecular formula is C62H77N3O5. The van der Waals surface area contributed by atoms with Gasteiger partial charge in [0, 0.05) is 61.2 Å². The number of hydrogen-bond donors (Lipinski definition) is 2. The Kier molecular flexibility index (Phi) is 9.05. The van der Waals surface area contributed by atoms with E-state index in [1.165, 1.54) is 101 Å². The Morgan fingerprint density at radius 1 is 0.857 bits per heavy atom. The maximum Gasteiger partial charge on any atom is 0.339 e. The zero-order chi connectivity index (χ0) is 46.6. The first-order valence-electron chi connectivity index (χ1n) is 29.2. The summed E-state index contributed by atoms with van der Waals surface area (Å²) in [6.45, 7) is 6.42. The van der Waals surface area contributed by atoms with Gasteiger partial charge in [0.05, 0.1) is 11.0 Å². The molecule has 0 aromatic heterocycles. The van der Waals surface area contributed by atoms with Crippen LogP contribution in [0.25, 0.3) is 0 Å². The number of carbonyl (C=O) groups excluding carboxylic acids is 2. The Balaban J connectivity index is 0.965. The number of fused-ring (bicyclic) bond motifs is 4. The number of esters is 2. The van der Waals surface area contributed by atoms with Crippen molar-refractivity contribution in [2.45, 2.75) is 159 Å². The summed E-state index contributed by atoms with van der Waals surface area (Å²) in [6, 6.07) is 7.14. The molecule has 0 radical (unpaired) electrons. The van der Waals surface area contributed by atoms with Crippen molar-refractivity contribution < 1.29 is 24.2 Å². The molecule has 18 aliphatic rings. The molecule has 7 fully saturated rings. The molecule has 18 atom stereocenters. The van der Waals surface area contributed by atoms with Gasteiger partial charge in [-0.25, -0.2) is 4.79 Å². The van der Waals surface area contributed by atoms with Crippen molar-refractivity contribution in [3.63, 3.8) is 0 Å². The Morgan fingerprint density at radius 2 is 1.76 bits per heavy atom. The Bertz CT molecular complexity index is 2650. The van der Waals surface area contributed by atoms with E-state index >= 15 is 9.59 Å². The zero-order valence-corrected chi connectivity index (χ0v) is 41.9. The van der Waals surface area contributed by atoms with Crippen LogP contribution in [-0.2, 0) is 26.3 Å². The summed E-state index contributed by atoms with van der Waals surface area (Å²) in [5.41, 5.74) is 12.2. The molecule has 4 spiro atoms. The average molecular weight is 944 g/mol. The molecule has 3 saturated heterocycles. The summed E-state index contributed by atoms with van der Waals surface area (Å²) in [6.07, 6.45) is 33.3. The lowest BCUT2D eigenvalue weighted by Crippen LogP contribution is -2.78. The monoisotopic (exact) mass is 944 g/mol. The average Bonchev–Trinajstić information content (AvgIpc) is 4.15. The van der Waals surface area contributed by atoms with Crippen molar-refractivity contribution >= 4 is 11.9 Å². The number of nitrogens with two attached hydrogens (primary N) is 1. The van der Waals surface area contributed by atoms with Crippen LogP contribution in [0.4, 0.5) is 0 Å². The number of hydrogen-bond acceptors (Lipinski definition) is 8. The number of nitrogens with zero attached hydrogens (tertiary/aromatic N) is 2. The molecule has 1 unspecified atom stereocenters. The molecule has 70 heavy (non-hydrogen) atoms. The Hall–Kier alpha value is -3.62. The van der Waals surface area contributed by atoms with Crippen LogP contribution >= 0.6 is 0 Å². The molecular weight excluding hydrogens is 867 g/mol. The van der Waals surface area contributed by atoms with Crippen LogP contribution in [0.3, 0.4) is 0 Å². The first kappa shape index (κ1) is 42.8. The molecule has 8 heteroatoms. The maximum absolute atomic E-state index is 16.5. The lowest BCUT2D eigenvalue weighted by Gasteiger charge is -2.73. The van der Waals surface area contributed by atoms with Crippen LogP contribution in [0, 0.1) is 87.3 Å².